The van der Waals surface area contributed by atoms with Crippen LogP contribution in [-0.2, 0) is 14.6 Å². The van der Waals surface area contributed by atoms with Crippen LogP contribution >= 0.6 is 0 Å². The summed E-state index contributed by atoms with van der Waals surface area (Å²) in [5, 5.41) is 10.9. The van der Waals surface area contributed by atoms with E-state index >= 15 is 0 Å². The van der Waals surface area contributed by atoms with Crippen molar-refractivity contribution in [2.75, 3.05) is 12.0 Å². The summed E-state index contributed by atoms with van der Waals surface area (Å²) in [6, 6.07) is 1.31. The minimum Gasteiger partial charge on any atom is -0.351 e. The minimum atomic E-state index is -3.10. The summed E-state index contributed by atoms with van der Waals surface area (Å²) in [6.45, 7) is 3.05. The Balaban J connectivity index is 4.16. The number of carbonyl (C=O) groups excluding carboxylic acids is 1. The smallest absolute Gasteiger partial charge is 0.237 e. The number of sulfone groups is 1. The van der Waals surface area contributed by atoms with Crippen molar-refractivity contribution in [2.45, 2.75) is 19.9 Å². The highest BCUT2D eigenvalue weighted by Crippen LogP contribution is 1.95. The lowest BCUT2D eigenvalue weighted by atomic mass is 10.2. The molecule has 0 aromatic heterocycles. The summed E-state index contributed by atoms with van der Waals surface area (Å²) in [5.74, 6) is -1.31. The molecule has 5 nitrogen and oxygen atoms in total. The summed E-state index contributed by atoms with van der Waals surface area (Å²) in [6.07, 6.45) is 1.10. The van der Waals surface area contributed by atoms with Gasteiger partial charge < -0.3 is 5.32 Å². The Morgan fingerprint density at radius 2 is 2.00 bits per heavy atom. The van der Waals surface area contributed by atoms with Gasteiger partial charge in [0, 0.05) is 12.3 Å². The van der Waals surface area contributed by atoms with E-state index < -0.39 is 27.7 Å². The van der Waals surface area contributed by atoms with Crippen molar-refractivity contribution in [3.05, 3.63) is 0 Å². The average molecular weight is 218 g/mol. The number of hydrogen-bond donors (Lipinski definition) is 1. The third-order valence-corrected chi connectivity index (χ3v) is 2.63. The van der Waals surface area contributed by atoms with Crippen LogP contribution in [-0.4, -0.2) is 32.4 Å². The second-order valence-electron chi connectivity index (χ2n) is 3.35. The van der Waals surface area contributed by atoms with E-state index in [2.05, 4.69) is 5.32 Å². The van der Waals surface area contributed by atoms with E-state index in [0.717, 1.165) is 6.26 Å². The molecule has 0 spiro atoms. The monoisotopic (exact) mass is 218 g/mol. The largest absolute Gasteiger partial charge is 0.351 e. The lowest BCUT2D eigenvalue weighted by Crippen LogP contribution is -2.39. The summed E-state index contributed by atoms with van der Waals surface area (Å²) < 4.78 is 21.7. The van der Waals surface area contributed by atoms with Crippen LogP contribution in [0.3, 0.4) is 0 Å². The van der Waals surface area contributed by atoms with Crippen LogP contribution in [0.4, 0.5) is 0 Å². The zero-order valence-electron chi connectivity index (χ0n) is 8.44. The van der Waals surface area contributed by atoms with Crippen molar-refractivity contribution < 1.29 is 13.2 Å². The van der Waals surface area contributed by atoms with Gasteiger partial charge in [0.1, 0.15) is 15.8 Å². The predicted molar refractivity (Wildman–Crippen MR) is 52.1 cm³/mol. The molecular weight excluding hydrogens is 204 g/mol. The van der Waals surface area contributed by atoms with Crippen molar-refractivity contribution >= 4 is 15.7 Å². The third kappa shape index (κ3) is 5.54. The summed E-state index contributed by atoms with van der Waals surface area (Å²) in [5.41, 5.74) is 0. The minimum absolute atomic E-state index is 0.114. The maximum atomic E-state index is 11.1. The lowest BCUT2D eigenvalue weighted by molar-refractivity contribution is -0.123. The molecule has 0 bridgehead atoms. The molecule has 1 N–H and O–H groups in total. The highest BCUT2D eigenvalue weighted by atomic mass is 32.2. The van der Waals surface area contributed by atoms with Crippen molar-refractivity contribution in [1.29, 1.82) is 5.26 Å². The number of amides is 1. The van der Waals surface area contributed by atoms with Gasteiger partial charge in [-0.15, -0.1) is 0 Å². The first-order valence-corrected chi connectivity index (χ1v) is 6.20. The van der Waals surface area contributed by atoms with Crippen LogP contribution in [0, 0.1) is 17.2 Å². The molecule has 2 atom stereocenters. The topological polar surface area (TPSA) is 87.0 Å². The first kappa shape index (κ1) is 12.9. The van der Waals surface area contributed by atoms with Gasteiger partial charge in [0.2, 0.25) is 5.91 Å². The Labute approximate surface area is 84.0 Å². The zero-order chi connectivity index (χ0) is 11.4. The van der Waals surface area contributed by atoms with Crippen molar-refractivity contribution in [1.82, 2.24) is 5.32 Å². The fourth-order valence-electron chi connectivity index (χ4n) is 0.922. The molecule has 0 aliphatic carbocycles. The third-order valence-electron chi connectivity index (χ3n) is 1.53. The Morgan fingerprint density at radius 3 is 2.36 bits per heavy atom. The standard InChI is InChI=1S/C8H14N2O3S/c1-6(4-9)8(11)10-7(2)5-14(3,12)13/h6-7H,5H2,1-3H3,(H,10,11). The van der Waals surface area contributed by atoms with E-state index in [-0.39, 0.29) is 5.75 Å². The Morgan fingerprint density at radius 1 is 1.50 bits per heavy atom. The maximum Gasteiger partial charge on any atom is 0.237 e. The molecule has 0 aromatic carbocycles. The fraction of sp³-hybridized carbons (Fsp3) is 0.750. The predicted octanol–water partition coefficient (Wildman–Crippen LogP) is -0.305. The Bertz CT molecular complexity index is 342. The van der Waals surface area contributed by atoms with Crippen molar-refractivity contribution in [2.24, 2.45) is 5.92 Å². The molecule has 0 saturated carbocycles. The van der Waals surface area contributed by atoms with Gasteiger partial charge in [-0.2, -0.15) is 5.26 Å². The first-order valence-electron chi connectivity index (χ1n) is 4.14. The van der Waals surface area contributed by atoms with Crippen molar-refractivity contribution in [3.63, 3.8) is 0 Å². The van der Waals surface area contributed by atoms with E-state index in [1.165, 1.54) is 6.92 Å². The number of carbonyl (C=O) groups is 1. The number of nitrogens with zero attached hydrogens (tertiary/aromatic N) is 1. The SMILES string of the molecule is CC(CS(C)(=O)=O)NC(=O)C(C)C#N. The molecule has 0 saturated heterocycles. The van der Waals surface area contributed by atoms with Crippen LogP contribution in [0.2, 0.25) is 0 Å². The van der Waals surface area contributed by atoms with E-state index in [9.17, 15) is 13.2 Å². The molecule has 14 heavy (non-hydrogen) atoms. The molecule has 0 aromatic rings. The van der Waals surface area contributed by atoms with Crippen molar-refractivity contribution in [3.8, 4) is 6.07 Å². The van der Waals surface area contributed by atoms with E-state index in [0.29, 0.717) is 0 Å². The molecule has 0 radical (unpaired) electrons. The van der Waals surface area contributed by atoms with Gasteiger partial charge in [-0.05, 0) is 13.8 Å². The van der Waals surface area contributed by atoms with Crippen LogP contribution in [0.5, 0.6) is 0 Å². The summed E-state index contributed by atoms with van der Waals surface area (Å²) >= 11 is 0. The fourth-order valence-corrected chi connectivity index (χ4v) is 1.91. The lowest BCUT2D eigenvalue weighted by Gasteiger charge is -2.13. The maximum absolute atomic E-state index is 11.1. The summed E-state index contributed by atoms with van der Waals surface area (Å²) in [4.78, 5) is 11.1. The molecule has 80 valence electrons. The van der Waals surface area contributed by atoms with Crippen LogP contribution in [0.15, 0.2) is 0 Å². The second-order valence-corrected chi connectivity index (χ2v) is 5.54. The molecule has 1 amide bonds. The number of hydrogen-bond acceptors (Lipinski definition) is 4. The second kappa shape index (κ2) is 4.96. The first-order chi connectivity index (χ1) is 6.26. The van der Waals surface area contributed by atoms with E-state index in [4.69, 9.17) is 5.26 Å². The molecule has 0 fully saturated rings. The van der Waals surface area contributed by atoms with E-state index in [1.807, 2.05) is 0 Å². The van der Waals surface area contributed by atoms with Gasteiger partial charge in [0.25, 0.3) is 0 Å². The molecular formula is C8H14N2O3S. The Hall–Kier alpha value is -1.09. The van der Waals surface area contributed by atoms with Gasteiger partial charge in [-0.25, -0.2) is 8.42 Å². The van der Waals surface area contributed by atoms with Gasteiger partial charge in [-0.1, -0.05) is 0 Å². The Kier molecular flexibility index (Phi) is 4.57. The normalized spacial score (nSPS) is 15.3. The highest BCUT2D eigenvalue weighted by molar-refractivity contribution is 7.90. The van der Waals surface area contributed by atoms with Gasteiger partial charge >= 0.3 is 0 Å². The van der Waals surface area contributed by atoms with Gasteiger partial charge in [0.15, 0.2) is 0 Å². The van der Waals surface area contributed by atoms with Gasteiger partial charge in [-0.3, -0.25) is 4.79 Å². The summed E-state index contributed by atoms with van der Waals surface area (Å²) in [7, 11) is -3.10. The molecule has 0 aliphatic rings. The molecule has 0 rings (SSSR count). The number of nitrogens with one attached hydrogen (secondary N) is 1. The zero-order valence-corrected chi connectivity index (χ0v) is 9.26. The highest BCUT2D eigenvalue weighted by Gasteiger charge is 2.16. The van der Waals surface area contributed by atoms with Gasteiger partial charge in [0.05, 0.1) is 11.8 Å². The average Bonchev–Trinajstić information content (AvgIpc) is 1.99. The molecule has 2 unspecified atom stereocenters. The van der Waals surface area contributed by atoms with Crippen LogP contribution < -0.4 is 5.32 Å². The molecule has 0 heterocycles. The van der Waals surface area contributed by atoms with Crippen LogP contribution in [0.25, 0.3) is 0 Å². The molecule has 6 heteroatoms. The van der Waals surface area contributed by atoms with Crippen LogP contribution in [0.1, 0.15) is 13.8 Å². The number of rotatable bonds is 4. The molecule has 0 aliphatic heterocycles. The number of nitriles is 1. The quantitative estimate of drug-likeness (QED) is 0.701. The van der Waals surface area contributed by atoms with E-state index in [1.54, 1.807) is 13.0 Å².